The summed E-state index contributed by atoms with van der Waals surface area (Å²) in [5.41, 5.74) is 1.80. The first kappa shape index (κ1) is 22.2. The summed E-state index contributed by atoms with van der Waals surface area (Å²) in [6, 6.07) is 18.0. The van der Waals surface area contributed by atoms with Crippen LogP contribution in [-0.4, -0.2) is 47.9 Å². The van der Waals surface area contributed by atoms with E-state index in [4.69, 9.17) is 9.15 Å². The Morgan fingerprint density at radius 1 is 0.971 bits per heavy atom. The zero-order valence-electron chi connectivity index (χ0n) is 18.6. The van der Waals surface area contributed by atoms with Crippen LogP contribution in [0, 0.1) is 0 Å². The minimum Gasteiger partial charge on any atom is -0.403 e. The number of ether oxygens (including phenoxy) is 1. The zero-order chi connectivity index (χ0) is 24.5. The molecular weight excluding hydrogens is 450 g/mol. The molecule has 9 nitrogen and oxygen atoms in total. The topological polar surface area (TPSA) is 119 Å². The molecule has 3 amide bonds. The number of para-hydroxylation sites is 1. The Hall–Kier alpha value is -4.63. The monoisotopic (exact) mass is 469 g/mol. The largest absolute Gasteiger partial charge is 0.403 e. The van der Waals surface area contributed by atoms with Gasteiger partial charge in [-0.2, -0.15) is 0 Å². The molecule has 0 atom stereocenters. The molecule has 1 aromatic heterocycles. The van der Waals surface area contributed by atoms with Crippen LogP contribution in [-0.2, 0) is 4.74 Å². The Bertz CT molecular complexity index is 1540. The number of benzene rings is 3. The average Bonchev–Trinajstić information content (AvgIpc) is 3.11. The highest BCUT2D eigenvalue weighted by atomic mass is 16.5. The summed E-state index contributed by atoms with van der Waals surface area (Å²) < 4.78 is 10.3. The average molecular weight is 469 g/mol. The van der Waals surface area contributed by atoms with Gasteiger partial charge in [-0.15, -0.1) is 0 Å². The summed E-state index contributed by atoms with van der Waals surface area (Å²) in [4.78, 5) is 55.6. The van der Waals surface area contributed by atoms with Crippen LogP contribution in [0.1, 0.15) is 31.1 Å². The number of carbonyl (C=O) groups excluding carboxylic acids is 3. The molecule has 0 fully saturated rings. The van der Waals surface area contributed by atoms with E-state index in [0.717, 1.165) is 4.90 Å². The number of carbonyl (C=O) groups is 3. The molecule has 9 heteroatoms. The molecule has 2 heterocycles. The van der Waals surface area contributed by atoms with Gasteiger partial charge < -0.3 is 14.5 Å². The smallest absolute Gasteiger partial charge is 0.347 e. The molecule has 0 unspecified atom stereocenters. The molecule has 174 valence electrons. The van der Waals surface area contributed by atoms with E-state index >= 15 is 0 Å². The molecule has 0 radical (unpaired) electrons. The molecule has 0 spiro atoms. The molecule has 35 heavy (non-hydrogen) atoms. The second kappa shape index (κ2) is 8.96. The van der Waals surface area contributed by atoms with E-state index in [1.54, 1.807) is 48.5 Å². The Morgan fingerprint density at radius 3 is 2.49 bits per heavy atom. The Kier molecular flexibility index (Phi) is 5.68. The van der Waals surface area contributed by atoms with E-state index in [0.29, 0.717) is 22.2 Å². The summed E-state index contributed by atoms with van der Waals surface area (Å²) in [6.45, 7) is 0.371. The number of rotatable bonds is 6. The second-order valence-electron chi connectivity index (χ2n) is 7.87. The van der Waals surface area contributed by atoms with E-state index in [9.17, 15) is 19.2 Å². The molecule has 4 aromatic rings. The first-order valence-electron chi connectivity index (χ1n) is 10.8. The van der Waals surface area contributed by atoms with Gasteiger partial charge in [0.25, 0.3) is 17.7 Å². The Morgan fingerprint density at radius 2 is 1.71 bits per heavy atom. The van der Waals surface area contributed by atoms with E-state index in [1.807, 2.05) is 0 Å². The third-order valence-corrected chi connectivity index (χ3v) is 5.68. The quantitative estimate of drug-likeness (QED) is 0.430. The molecule has 1 aliphatic rings. The fourth-order valence-electron chi connectivity index (χ4n) is 3.86. The second-order valence-corrected chi connectivity index (χ2v) is 7.87. The number of aromatic nitrogens is 1. The fraction of sp³-hybridized carbons (Fsp3) is 0.115. The third-order valence-electron chi connectivity index (χ3n) is 5.68. The van der Waals surface area contributed by atoms with Gasteiger partial charge in [0.05, 0.1) is 35.2 Å². The number of nitrogens with one attached hydrogen (secondary N) is 1. The number of hydrogen-bond acceptors (Lipinski definition) is 7. The maximum absolute atomic E-state index is 12.8. The third kappa shape index (κ3) is 4.09. The Labute approximate surface area is 199 Å². The first-order chi connectivity index (χ1) is 17.0. The number of amides is 3. The van der Waals surface area contributed by atoms with Gasteiger partial charge in [0, 0.05) is 23.9 Å². The van der Waals surface area contributed by atoms with Gasteiger partial charge in [-0.3, -0.25) is 19.3 Å². The molecule has 0 saturated heterocycles. The van der Waals surface area contributed by atoms with Crippen molar-refractivity contribution in [2.75, 3.05) is 25.6 Å². The first-order valence-corrected chi connectivity index (χ1v) is 10.8. The summed E-state index contributed by atoms with van der Waals surface area (Å²) in [6.07, 6.45) is 0. The number of nitrogens with zero attached hydrogens (tertiary/aromatic N) is 2. The zero-order valence-corrected chi connectivity index (χ0v) is 18.6. The lowest BCUT2D eigenvalue weighted by Gasteiger charge is -2.12. The number of hydrogen-bond donors (Lipinski definition) is 1. The number of anilines is 1. The molecule has 1 N–H and O–H groups in total. The molecule has 5 rings (SSSR count). The van der Waals surface area contributed by atoms with Crippen molar-refractivity contribution in [3.63, 3.8) is 0 Å². The van der Waals surface area contributed by atoms with Crippen molar-refractivity contribution in [1.82, 2.24) is 9.88 Å². The van der Waals surface area contributed by atoms with Gasteiger partial charge in [-0.25, -0.2) is 9.78 Å². The van der Waals surface area contributed by atoms with Crippen molar-refractivity contribution < 1.29 is 23.5 Å². The normalized spacial score (nSPS) is 12.8. The van der Waals surface area contributed by atoms with E-state index < -0.39 is 23.3 Å². The SMILES string of the molecule is COCCN1C(=O)c2ccc(C(=O)Nc3ccc(-c4nc5ccccc5c(=O)o4)cc3)cc2C1=O. The van der Waals surface area contributed by atoms with Gasteiger partial charge in [0.2, 0.25) is 5.89 Å². The molecule has 3 aromatic carbocycles. The Balaban J connectivity index is 1.34. The highest BCUT2D eigenvalue weighted by Gasteiger charge is 2.35. The van der Waals surface area contributed by atoms with E-state index in [2.05, 4.69) is 10.3 Å². The summed E-state index contributed by atoms with van der Waals surface area (Å²) in [5.74, 6) is -1.12. The van der Waals surface area contributed by atoms with E-state index in [1.165, 1.54) is 25.3 Å². The molecule has 1 aliphatic heterocycles. The summed E-state index contributed by atoms with van der Waals surface area (Å²) in [7, 11) is 1.49. The minimum absolute atomic E-state index is 0.142. The summed E-state index contributed by atoms with van der Waals surface area (Å²) >= 11 is 0. The van der Waals surface area contributed by atoms with Crippen molar-refractivity contribution >= 4 is 34.3 Å². The lowest BCUT2D eigenvalue weighted by atomic mass is 10.1. The van der Waals surface area contributed by atoms with Crippen LogP contribution < -0.4 is 10.9 Å². The van der Waals surface area contributed by atoms with Crippen molar-refractivity contribution in [1.29, 1.82) is 0 Å². The van der Waals surface area contributed by atoms with Gasteiger partial charge in [-0.05, 0) is 54.6 Å². The number of fused-ring (bicyclic) bond motifs is 2. The van der Waals surface area contributed by atoms with Crippen LogP contribution in [0.25, 0.3) is 22.4 Å². The van der Waals surface area contributed by atoms with Crippen LogP contribution >= 0.6 is 0 Å². The summed E-state index contributed by atoms with van der Waals surface area (Å²) in [5, 5.41) is 3.16. The minimum atomic E-state index is -0.478. The van der Waals surface area contributed by atoms with Crippen molar-refractivity contribution in [3.05, 3.63) is 93.8 Å². The van der Waals surface area contributed by atoms with Crippen LogP contribution in [0.15, 0.2) is 75.9 Å². The van der Waals surface area contributed by atoms with Crippen LogP contribution in [0.2, 0.25) is 0 Å². The highest BCUT2D eigenvalue weighted by Crippen LogP contribution is 2.25. The molecule has 0 aliphatic carbocycles. The van der Waals surface area contributed by atoms with Crippen LogP contribution in [0.5, 0.6) is 0 Å². The molecule has 0 saturated carbocycles. The number of methoxy groups -OCH3 is 1. The lowest BCUT2D eigenvalue weighted by molar-refractivity contribution is 0.0603. The van der Waals surface area contributed by atoms with Gasteiger partial charge in [-0.1, -0.05) is 12.1 Å². The van der Waals surface area contributed by atoms with Crippen LogP contribution in [0.3, 0.4) is 0 Å². The number of imide groups is 1. The lowest BCUT2D eigenvalue weighted by Crippen LogP contribution is -2.32. The van der Waals surface area contributed by atoms with Gasteiger partial charge in [0.15, 0.2) is 0 Å². The fourth-order valence-corrected chi connectivity index (χ4v) is 3.86. The molecular formula is C26H19N3O6. The standard InChI is InChI=1S/C26H19N3O6/c1-34-13-12-29-24(31)18-11-8-16(14-20(18)25(29)32)22(30)27-17-9-6-15(7-10-17)23-28-21-5-3-2-4-19(21)26(33)35-23/h2-11,14H,12-13H2,1H3,(H,27,30). The predicted molar refractivity (Wildman–Crippen MR) is 127 cm³/mol. The maximum Gasteiger partial charge on any atom is 0.347 e. The van der Waals surface area contributed by atoms with Crippen LogP contribution in [0.4, 0.5) is 5.69 Å². The van der Waals surface area contributed by atoms with Gasteiger partial charge in [0.1, 0.15) is 0 Å². The van der Waals surface area contributed by atoms with Crippen molar-refractivity contribution in [2.24, 2.45) is 0 Å². The van der Waals surface area contributed by atoms with Gasteiger partial charge >= 0.3 is 5.63 Å². The van der Waals surface area contributed by atoms with E-state index in [-0.39, 0.29) is 35.7 Å². The predicted octanol–water partition coefficient (Wildman–Crippen LogP) is 3.35. The highest BCUT2D eigenvalue weighted by molar-refractivity contribution is 6.22. The maximum atomic E-state index is 12.8. The van der Waals surface area contributed by atoms with Crippen molar-refractivity contribution in [2.45, 2.75) is 0 Å². The van der Waals surface area contributed by atoms with Crippen molar-refractivity contribution in [3.8, 4) is 11.5 Å². The molecule has 0 bridgehead atoms.